The first kappa shape index (κ1) is 12.8. The van der Waals surface area contributed by atoms with Crippen molar-refractivity contribution in [3.05, 3.63) is 11.6 Å². The molecule has 0 amide bonds. The maximum atomic E-state index is 10.9. The first-order chi connectivity index (χ1) is 6.43. The zero-order chi connectivity index (χ0) is 11.1. The van der Waals surface area contributed by atoms with Crippen molar-refractivity contribution in [3.63, 3.8) is 0 Å². The fourth-order valence-corrected chi connectivity index (χ4v) is 0.706. The van der Waals surface area contributed by atoms with E-state index in [0.717, 1.165) is 5.57 Å². The third-order valence-electron chi connectivity index (χ3n) is 1.76. The standard InChI is InChI=1S/C10H17NO3/c1-7(9(3)11)4-5-14-10(13)6-8(2)12/h4,9H,5-6,11H2,1-3H3/b7-4-. The molecule has 0 spiro atoms. The van der Waals surface area contributed by atoms with Crippen LogP contribution in [0, 0.1) is 0 Å². The molecule has 0 aliphatic rings. The number of hydrogen-bond acceptors (Lipinski definition) is 4. The number of Topliss-reactive ketones (excluding diaryl/α,β-unsaturated/α-hetero) is 1. The highest BCUT2D eigenvalue weighted by molar-refractivity contribution is 5.94. The molecule has 0 aromatic heterocycles. The number of rotatable bonds is 5. The summed E-state index contributed by atoms with van der Waals surface area (Å²) in [5.74, 6) is -0.686. The summed E-state index contributed by atoms with van der Waals surface area (Å²) >= 11 is 0. The lowest BCUT2D eigenvalue weighted by atomic mass is 10.1. The van der Waals surface area contributed by atoms with Crippen LogP contribution in [0.15, 0.2) is 11.6 Å². The van der Waals surface area contributed by atoms with E-state index in [-0.39, 0.29) is 24.9 Å². The van der Waals surface area contributed by atoms with Gasteiger partial charge in [0, 0.05) is 6.04 Å². The van der Waals surface area contributed by atoms with Gasteiger partial charge in [-0.05, 0) is 26.8 Å². The van der Waals surface area contributed by atoms with Crippen LogP contribution in [0.5, 0.6) is 0 Å². The number of hydrogen-bond donors (Lipinski definition) is 1. The largest absolute Gasteiger partial charge is 0.461 e. The van der Waals surface area contributed by atoms with E-state index in [1.54, 1.807) is 6.08 Å². The van der Waals surface area contributed by atoms with Gasteiger partial charge in [-0.2, -0.15) is 0 Å². The normalized spacial score (nSPS) is 13.6. The van der Waals surface area contributed by atoms with Crippen molar-refractivity contribution >= 4 is 11.8 Å². The molecule has 0 aliphatic heterocycles. The van der Waals surface area contributed by atoms with Crippen molar-refractivity contribution in [2.24, 2.45) is 5.73 Å². The lowest BCUT2D eigenvalue weighted by molar-refractivity contribution is -0.144. The molecule has 0 heterocycles. The van der Waals surface area contributed by atoms with Gasteiger partial charge < -0.3 is 10.5 Å². The molecule has 0 radical (unpaired) electrons. The number of esters is 1. The van der Waals surface area contributed by atoms with Crippen molar-refractivity contribution < 1.29 is 14.3 Å². The van der Waals surface area contributed by atoms with Crippen LogP contribution in [0.3, 0.4) is 0 Å². The summed E-state index contributed by atoms with van der Waals surface area (Å²) in [4.78, 5) is 21.4. The lowest BCUT2D eigenvalue weighted by Gasteiger charge is -2.05. The molecule has 4 nitrogen and oxygen atoms in total. The molecule has 2 N–H and O–H groups in total. The van der Waals surface area contributed by atoms with E-state index in [1.807, 2.05) is 13.8 Å². The SMILES string of the molecule is CC(=O)CC(=O)OC/C=C(/C)C(C)N. The fraction of sp³-hybridized carbons (Fsp3) is 0.600. The second-order valence-corrected chi connectivity index (χ2v) is 3.30. The van der Waals surface area contributed by atoms with E-state index in [4.69, 9.17) is 10.5 Å². The highest BCUT2D eigenvalue weighted by atomic mass is 16.5. The zero-order valence-electron chi connectivity index (χ0n) is 8.87. The molecule has 0 fully saturated rings. The summed E-state index contributed by atoms with van der Waals surface area (Å²) in [5.41, 5.74) is 6.53. The minimum atomic E-state index is -0.494. The maximum Gasteiger partial charge on any atom is 0.313 e. The Morgan fingerprint density at radius 3 is 2.43 bits per heavy atom. The molecule has 0 aliphatic carbocycles. The maximum absolute atomic E-state index is 10.9. The molecule has 0 aromatic rings. The Hall–Kier alpha value is -1.16. The van der Waals surface area contributed by atoms with Gasteiger partial charge in [0.15, 0.2) is 0 Å². The number of ketones is 1. The van der Waals surface area contributed by atoms with Crippen LogP contribution in [0.2, 0.25) is 0 Å². The Kier molecular flexibility index (Phi) is 5.79. The summed E-state index contributed by atoms with van der Waals surface area (Å²) < 4.78 is 4.78. The van der Waals surface area contributed by atoms with E-state index in [1.165, 1.54) is 6.92 Å². The van der Waals surface area contributed by atoms with Crippen molar-refractivity contribution in [1.82, 2.24) is 0 Å². The molecule has 0 aromatic carbocycles. The molecule has 1 atom stereocenters. The Bertz CT molecular complexity index is 244. The Morgan fingerprint density at radius 1 is 1.43 bits per heavy atom. The van der Waals surface area contributed by atoms with Gasteiger partial charge in [0.25, 0.3) is 0 Å². The minimum absolute atomic E-state index is 0.0403. The third-order valence-corrected chi connectivity index (χ3v) is 1.76. The number of carbonyl (C=O) groups is 2. The summed E-state index contributed by atoms with van der Waals surface area (Å²) in [5, 5.41) is 0. The predicted octanol–water partition coefficient (Wildman–Crippen LogP) is 0.802. The summed E-state index contributed by atoms with van der Waals surface area (Å²) in [6.07, 6.45) is 1.58. The van der Waals surface area contributed by atoms with Gasteiger partial charge in [-0.25, -0.2) is 0 Å². The molecule has 0 bridgehead atoms. The Balaban J connectivity index is 3.79. The lowest BCUT2D eigenvalue weighted by Crippen LogP contribution is -2.17. The van der Waals surface area contributed by atoms with Crippen LogP contribution in [0.25, 0.3) is 0 Å². The first-order valence-electron chi connectivity index (χ1n) is 4.50. The molecular formula is C10H17NO3. The summed E-state index contributed by atoms with van der Waals surface area (Å²) in [6.45, 7) is 5.25. The first-order valence-corrected chi connectivity index (χ1v) is 4.50. The quantitative estimate of drug-likeness (QED) is 0.404. The zero-order valence-corrected chi connectivity index (χ0v) is 8.87. The number of nitrogens with two attached hydrogens (primary N) is 1. The second-order valence-electron chi connectivity index (χ2n) is 3.30. The van der Waals surface area contributed by atoms with Crippen molar-refractivity contribution in [2.45, 2.75) is 33.2 Å². The molecule has 4 heteroatoms. The molecule has 0 saturated carbocycles. The van der Waals surface area contributed by atoms with E-state index >= 15 is 0 Å². The second kappa shape index (κ2) is 6.32. The van der Waals surface area contributed by atoms with Gasteiger partial charge in [-0.3, -0.25) is 9.59 Å². The van der Waals surface area contributed by atoms with Crippen LogP contribution in [-0.4, -0.2) is 24.4 Å². The highest BCUT2D eigenvalue weighted by Crippen LogP contribution is 1.97. The summed E-state index contributed by atoms with van der Waals surface area (Å²) in [6, 6.07) is -0.0403. The van der Waals surface area contributed by atoms with Crippen LogP contribution >= 0.6 is 0 Å². The van der Waals surface area contributed by atoms with E-state index in [2.05, 4.69) is 0 Å². The van der Waals surface area contributed by atoms with Crippen LogP contribution in [0.1, 0.15) is 27.2 Å². The van der Waals surface area contributed by atoms with Crippen molar-refractivity contribution in [3.8, 4) is 0 Å². The van der Waals surface area contributed by atoms with Gasteiger partial charge >= 0.3 is 5.97 Å². The molecule has 14 heavy (non-hydrogen) atoms. The van der Waals surface area contributed by atoms with E-state index < -0.39 is 5.97 Å². The molecule has 0 rings (SSSR count). The molecular weight excluding hydrogens is 182 g/mol. The van der Waals surface area contributed by atoms with Crippen molar-refractivity contribution in [2.75, 3.05) is 6.61 Å². The Labute approximate surface area is 84.1 Å². The molecule has 0 saturated heterocycles. The average Bonchev–Trinajstić information content (AvgIpc) is 2.02. The summed E-state index contributed by atoms with van der Waals surface area (Å²) in [7, 11) is 0. The molecule has 1 unspecified atom stereocenters. The van der Waals surface area contributed by atoms with Crippen molar-refractivity contribution in [1.29, 1.82) is 0 Å². The average molecular weight is 199 g/mol. The monoisotopic (exact) mass is 199 g/mol. The third kappa shape index (κ3) is 6.37. The smallest absolute Gasteiger partial charge is 0.313 e. The van der Waals surface area contributed by atoms with Gasteiger partial charge in [0.2, 0.25) is 0 Å². The number of ether oxygens (including phenoxy) is 1. The number of carbonyl (C=O) groups excluding carboxylic acids is 2. The minimum Gasteiger partial charge on any atom is -0.461 e. The predicted molar refractivity (Wildman–Crippen MR) is 53.7 cm³/mol. The van der Waals surface area contributed by atoms with E-state index in [9.17, 15) is 9.59 Å². The Morgan fingerprint density at radius 2 is 2.00 bits per heavy atom. The van der Waals surface area contributed by atoms with Gasteiger partial charge in [-0.15, -0.1) is 0 Å². The van der Waals surface area contributed by atoms with Crippen LogP contribution < -0.4 is 5.73 Å². The molecule has 80 valence electrons. The van der Waals surface area contributed by atoms with Gasteiger partial charge in [0.05, 0.1) is 0 Å². The topological polar surface area (TPSA) is 69.4 Å². The van der Waals surface area contributed by atoms with Crippen LogP contribution in [-0.2, 0) is 14.3 Å². The van der Waals surface area contributed by atoms with E-state index in [0.29, 0.717) is 0 Å². The van der Waals surface area contributed by atoms with Gasteiger partial charge in [0.1, 0.15) is 18.8 Å². The van der Waals surface area contributed by atoms with Gasteiger partial charge in [-0.1, -0.05) is 5.57 Å². The van der Waals surface area contributed by atoms with Crippen LogP contribution in [0.4, 0.5) is 0 Å². The fourth-order valence-electron chi connectivity index (χ4n) is 0.706. The highest BCUT2D eigenvalue weighted by Gasteiger charge is 2.05.